The van der Waals surface area contributed by atoms with Gasteiger partial charge in [0.1, 0.15) is 8.07 Å². The lowest BCUT2D eigenvalue weighted by Gasteiger charge is -2.03. The van der Waals surface area contributed by atoms with Crippen molar-refractivity contribution in [2.45, 2.75) is 32.5 Å². The maximum atomic E-state index is 10.4. The second-order valence-corrected chi connectivity index (χ2v) is 9.84. The van der Waals surface area contributed by atoms with Crippen molar-refractivity contribution in [3.05, 3.63) is 35.4 Å². The summed E-state index contributed by atoms with van der Waals surface area (Å²) in [5.74, 6) is 2.42. The standard InChI is InChI=1S/C14H18O2Si/c1-17(2,3)11-10-13-6-4-12(5-7-13)8-9-14(15)16/h4-7H,8-9H2,1-3H3,(H,15,16). The van der Waals surface area contributed by atoms with Gasteiger partial charge in [0.15, 0.2) is 0 Å². The molecule has 17 heavy (non-hydrogen) atoms. The third-order valence-corrected chi connectivity index (χ3v) is 3.04. The average Bonchev–Trinajstić information content (AvgIpc) is 2.24. The topological polar surface area (TPSA) is 37.3 Å². The summed E-state index contributed by atoms with van der Waals surface area (Å²) in [7, 11) is -1.32. The van der Waals surface area contributed by atoms with E-state index in [1.165, 1.54) is 0 Å². The molecule has 0 bridgehead atoms. The number of aryl methyl sites for hydroxylation is 1. The van der Waals surface area contributed by atoms with Gasteiger partial charge in [-0.05, 0) is 24.1 Å². The number of hydrogen-bond donors (Lipinski definition) is 1. The molecular weight excluding hydrogens is 228 g/mol. The van der Waals surface area contributed by atoms with Gasteiger partial charge >= 0.3 is 5.97 Å². The van der Waals surface area contributed by atoms with E-state index in [1.54, 1.807) is 0 Å². The van der Waals surface area contributed by atoms with Crippen molar-refractivity contribution >= 4 is 14.0 Å². The van der Waals surface area contributed by atoms with Crippen LogP contribution in [0.3, 0.4) is 0 Å². The van der Waals surface area contributed by atoms with Crippen molar-refractivity contribution in [1.82, 2.24) is 0 Å². The van der Waals surface area contributed by atoms with Crippen LogP contribution in [-0.2, 0) is 11.2 Å². The van der Waals surface area contributed by atoms with Gasteiger partial charge in [-0.25, -0.2) is 0 Å². The third kappa shape index (κ3) is 5.93. The van der Waals surface area contributed by atoms with E-state index < -0.39 is 14.0 Å². The van der Waals surface area contributed by atoms with E-state index >= 15 is 0 Å². The fraction of sp³-hybridized carbons (Fsp3) is 0.357. The number of aliphatic carboxylic acids is 1. The lowest BCUT2D eigenvalue weighted by molar-refractivity contribution is -0.136. The second kappa shape index (κ2) is 5.69. The second-order valence-electron chi connectivity index (χ2n) is 5.09. The summed E-state index contributed by atoms with van der Waals surface area (Å²) in [4.78, 5) is 10.4. The zero-order valence-electron chi connectivity index (χ0n) is 10.6. The zero-order chi connectivity index (χ0) is 12.9. The molecule has 0 aliphatic rings. The first-order valence-corrected chi connectivity index (χ1v) is 9.21. The minimum atomic E-state index is -1.32. The van der Waals surface area contributed by atoms with Crippen molar-refractivity contribution in [2.75, 3.05) is 0 Å². The van der Waals surface area contributed by atoms with Gasteiger partial charge in [0, 0.05) is 12.0 Å². The molecule has 0 heterocycles. The molecule has 1 aromatic carbocycles. The number of carboxylic acid groups (broad SMARTS) is 1. The Labute approximate surface area is 104 Å². The normalized spacial score (nSPS) is 10.5. The molecule has 0 fully saturated rings. The Hall–Kier alpha value is -1.53. The molecule has 0 spiro atoms. The quantitative estimate of drug-likeness (QED) is 0.657. The lowest BCUT2D eigenvalue weighted by Crippen LogP contribution is -2.16. The Morgan fingerprint density at radius 2 is 1.82 bits per heavy atom. The lowest BCUT2D eigenvalue weighted by atomic mass is 10.1. The predicted molar refractivity (Wildman–Crippen MR) is 72.6 cm³/mol. The highest BCUT2D eigenvalue weighted by Gasteiger charge is 2.07. The maximum absolute atomic E-state index is 10.4. The first-order chi connectivity index (χ1) is 7.87. The van der Waals surface area contributed by atoms with Crippen molar-refractivity contribution < 1.29 is 9.90 Å². The van der Waals surface area contributed by atoms with Crippen LogP contribution in [0.15, 0.2) is 24.3 Å². The Morgan fingerprint density at radius 1 is 1.24 bits per heavy atom. The highest BCUT2D eigenvalue weighted by atomic mass is 28.3. The molecule has 3 heteroatoms. The summed E-state index contributed by atoms with van der Waals surface area (Å²) >= 11 is 0. The SMILES string of the molecule is C[Si](C)(C)C#Cc1ccc(CCC(=O)O)cc1. The number of hydrogen-bond acceptors (Lipinski definition) is 1. The van der Waals surface area contributed by atoms with Gasteiger partial charge in [-0.3, -0.25) is 4.79 Å². The van der Waals surface area contributed by atoms with Gasteiger partial charge in [0.2, 0.25) is 0 Å². The number of benzene rings is 1. The molecule has 1 aromatic rings. The van der Waals surface area contributed by atoms with Gasteiger partial charge in [-0.2, -0.15) is 0 Å². The summed E-state index contributed by atoms with van der Waals surface area (Å²) < 4.78 is 0. The van der Waals surface area contributed by atoms with Crippen molar-refractivity contribution in [3.8, 4) is 11.5 Å². The van der Waals surface area contributed by atoms with Gasteiger partial charge in [-0.15, -0.1) is 5.54 Å². The summed E-state index contributed by atoms with van der Waals surface area (Å²) in [6, 6.07) is 7.84. The molecular formula is C14H18O2Si. The largest absolute Gasteiger partial charge is 0.481 e. The van der Waals surface area contributed by atoms with Crippen LogP contribution in [-0.4, -0.2) is 19.1 Å². The van der Waals surface area contributed by atoms with E-state index in [4.69, 9.17) is 5.11 Å². The number of rotatable bonds is 3. The van der Waals surface area contributed by atoms with Crippen LogP contribution in [0.5, 0.6) is 0 Å². The highest BCUT2D eigenvalue weighted by Crippen LogP contribution is 2.06. The first-order valence-electron chi connectivity index (χ1n) is 5.71. The van der Waals surface area contributed by atoms with Crippen LogP contribution in [0, 0.1) is 11.5 Å². The average molecular weight is 246 g/mol. The van der Waals surface area contributed by atoms with Crippen LogP contribution >= 0.6 is 0 Å². The molecule has 0 radical (unpaired) electrons. The Morgan fingerprint density at radius 3 is 2.29 bits per heavy atom. The van der Waals surface area contributed by atoms with Crippen LogP contribution in [0.4, 0.5) is 0 Å². The maximum Gasteiger partial charge on any atom is 0.303 e. The van der Waals surface area contributed by atoms with E-state index in [-0.39, 0.29) is 6.42 Å². The molecule has 0 atom stereocenters. The molecule has 0 aliphatic heterocycles. The number of carbonyl (C=O) groups is 1. The van der Waals surface area contributed by atoms with Crippen molar-refractivity contribution in [3.63, 3.8) is 0 Å². The fourth-order valence-corrected chi connectivity index (χ4v) is 1.79. The Balaban J connectivity index is 2.67. The van der Waals surface area contributed by atoms with Gasteiger partial charge < -0.3 is 5.11 Å². The van der Waals surface area contributed by atoms with Gasteiger partial charge in [0.25, 0.3) is 0 Å². The molecule has 0 aromatic heterocycles. The third-order valence-electron chi connectivity index (χ3n) is 2.16. The first kappa shape index (κ1) is 13.5. The molecule has 2 nitrogen and oxygen atoms in total. The molecule has 1 rings (SSSR count). The molecule has 0 unspecified atom stereocenters. The Kier molecular flexibility index (Phi) is 4.53. The smallest absolute Gasteiger partial charge is 0.303 e. The monoisotopic (exact) mass is 246 g/mol. The summed E-state index contributed by atoms with van der Waals surface area (Å²) in [5, 5.41) is 8.59. The van der Waals surface area contributed by atoms with E-state index in [9.17, 15) is 4.79 Å². The highest BCUT2D eigenvalue weighted by molar-refractivity contribution is 6.83. The van der Waals surface area contributed by atoms with E-state index in [0.717, 1.165) is 11.1 Å². The summed E-state index contributed by atoms with van der Waals surface area (Å²) in [6.45, 7) is 6.63. The van der Waals surface area contributed by atoms with Crippen molar-refractivity contribution in [2.24, 2.45) is 0 Å². The van der Waals surface area contributed by atoms with Crippen LogP contribution < -0.4 is 0 Å². The molecule has 1 N–H and O–H groups in total. The van der Waals surface area contributed by atoms with E-state index in [1.807, 2.05) is 24.3 Å². The minimum Gasteiger partial charge on any atom is -0.481 e. The molecule has 0 aliphatic carbocycles. The van der Waals surface area contributed by atoms with Crippen LogP contribution in [0.1, 0.15) is 17.5 Å². The van der Waals surface area contributed by atoms with Crippen LogP contribution in [0.2, 0.25) is 19.6 Å². The van der Waals surface area contributed by atoms with E-state index in [2.05, 4.69) is 31.1 Å². The van der Waals surface area contributed by atoms with Crippen molar-refractivity contribution in [1.29, 1.82) is 0 Å². The fourth-order valence-electron chi connectivity index (χ4n) is 1.27. The molecule has 0 saturated carbocycles. The summed E-state index contributed by atoms with van der Waals surface area (Å²) in [6.07, 6.45) is 0.761. The zero-order valence-corrected chi connectivity index (χ0v) is 11.6. The Bertz CT molecular complexity index is 444. The number of carboxylic acids is 1. The molecule has 0 saturated heterocycles. The predicted octanol–water partition coefficient (Wildman–Crippen LogP) is 2.93. The van der Waals surface area contributed by atoms with E-state index in [0.29, 0.717) is 6.42 Å². The minimum absolute atomic E-state index is 0.180. The molecule has 90 valence electrons. The summed E-state index contributed by atoms with van der Waals surface area (Å²) in [5.41, 5.74) is 5.36. The van der Waals surface area contributed by atoms with Gasteiger partial charge in [-0.1, -0.05) is 37.7 Å². The van der Waals surface area contributed by atoms with Crippen LogP contribution in [0.25, 0.3) is 0 Å². The van der Waals surface area contributed by atoms with Gasteiger partial charge in [0.05, 0.1) is 0 Å². The molecule has 0 amide bonds.